The molecule has 174 valence electrons. The third-order valence-corrected chi connectivity index (χ3v) is 4.26. The van der Waals surface area contributed by atoms with E-state index < -0.39 is 54.5 Å². The fourth-order valence-corrected chi connectivity index (χ4v) is 3.08. The Morgan fingerprint density at radius 2 is 1.47 bits per heavy atom. The van der Waals surface area contributed by atoms with Crippen LogP contribution in [0.5, 0.6) is 5.75 Å². The Morgan fingerprint density at radius 1 is 0.906 bits per heavy atom. The highest BCUT2D eigenvalue weighted by Gasteiger charge is 2.52. The highest BCUT2D eigenvalue weighted by atomic mass is 16.7. The van der Waals surface area contributed by atoms with Gasteiger partial charge in [-0.25, -0.2) is 0 Å². The number of esters is 4. The molecule has 1 N–H and O–H groups in total. The molecule has 1 aromatic rings. The van der Waals surface area contributed by atoms with Gasteiger partial charge in [0.1, 0.15) is 18.5 Å². The molecular formula is C21H25NO10. The van der Waals surface area contributed by atoms with Crippen LogP contribution in [-0.4, -0.2) is 72.4 Å². The number of phenols is 1. The topological polar surface area (TPSA) is 147 Å². The van der Waals surface area contributed by atoms with Gasteiger partial charge in [0, 0.05) is 39.5 Å². The van der Waals surface area contributed by atoms with E-state index in [1.165, 1.54) is 19.2 Å². The minimum absolute atomic E-state index is 0.0538. The van der Waals surface area contributed by atoms with Gasteiger partial charge >= 0.3 is 23.9 Å². The van der Waals surface area contributed by atoms with Crippen LogP contribution in [0.4, 0.5) is 0 Å². The number of aromatic hydroxyl groups is 1. The summed E-state index contributed by atoms with van der Waals surface area (Å²) < 4.78 is 26.7. The van der Waals surface area contributed by atoms with Crippen LogP contribution in [0.1, 0.15) is 33.3 Å². The summed E-state index contributed by atoms with van der Waals surface area (Å²) in [5, 5.41) is 9.96. The first-order chi connectivity index (χ1) is 15.1. The summed E-state index contributed by atoms with van der Waals surface area (Å²) >= 11 is 0. The fourth-order valence-electron chi connectivity index (χ4n) is 3.08. The zero-order chi connectivity index (χ0) is 23.8. The summed E-state index contributed by atoms with van der Waals surface area (Å²) in [7, 11) is 0. The Kier molecular flexibility index (Phi) is 8.71. The van der Waals surface area contributed by atoms with E-state index in [0.29, 0.717) is 5.56 Å². The normalized spacial score (nSPS) is 25.1. The van der Waals surface area contributed by atoms with Crippen molar-refractivity contribution in [3.8, 4) is 5.75 Å². The highest BCUT2D eigenvalue weighted by molar-refractivity contribution is 5.83. The standard InChI is InChI=1S/C21H25NO10/c1-11(23)28-10-17-18(29-12(2)24)19(30-13(3)25)20(31-14(4)26)21(32-17)22-9-15-7-5-6-8-16(15)27/h5-9,17-21,27H,10H2,1-4H3/t17-,18+,19-,20-,21+/m0/s1. The summed E-state index contributed by atoms with van der Waals surface area (Å²) in [5.74, 6) is -2.85. The smallest absolute Gasteiger partial charge is 0.303 e. The average molecular weight is 451 g/mol. The Labute approximate surface area is 184 Å². The summed E-state index contributed by atoms with van der Waals surface area (Å²) in [6.45, 7) is 4.24. The number of nitrogens with zero attached hydrogens (tertiary/aromatic N) is 1. The molecule has 1 aliphatic heterocycles. The Balaban J connectivity index is 2.47. The molecule has 11 nitrogen and oxygen atoms in total. The van der Waals surface area contributed by atoms with Gasteiger partial charge in [-0.2, -0.15) is 0 Å². The zero-order valence-electron chi connectivity index (χ0n) is 18.0. The second-order valence-electron chi connectivity index (χ2n) is 6.93. The fraction of sp³-hybridized carbons (Fsp3) is 0.476. The molecule has 1 heterocycles. The Hall–Kier alpha value is -3.47. The van der Waals surface area contributed by atoms with Crippen molar-refractivity contribution < 1.29 is 48.0 Å². The molecule has 0 bridgehead atoms. The number of aliphatic imine (C=N–C) groups is 1. The predicted molar refractivity (Wildman–Crippen MR) is 108 cm³/mol. The Morgan fingerprint density at radius 3 is 2.03 bits per heavy atom. The molecule has 0 amide bonds. The number of carbonyl (C=O) groups excluding carboxylic acids is 4. The molecule has 1 aromatic carbocycles. The van der Waals surface area contributed by atoms with Gasteiger partial charge in [-0.05, 0) is 12.1 Å². The molecule has 0 unspecified atom stereocenters. The molecule has 11 heteroatoms. The monoisotopic (exact) mass is 451 g/mol. The van der Waals surface area contributed by atoms with Crippen molar-refractivity contribution in [1.82, 2.24) is 0 Å². The van der Waals surface area contributed by atoms with Crippen molar-refractivity contribution in [3.05, 3.63) is 29.8 Å². The van der Waals surface area contributed by atoms with E-state index in [1.54, 1.807) is 18.2 Å². The van der Waals surface area contributed by atoms with Gasteiger partial charge in [0.15, 0.2) is 24.5 Å². The molecule has 2 rings (SSSR count). The van der Waals surface area contributed by atoms with Crippen LogP contribution in [0.15, 0.2) is 29.3 Å². The van der Waals surface area contributed by atoms with Crippen LogP contribution in [0.2, 0.25) is 0 Å². The molecule has 0 saturated carbocycles. The first-order valence-electron chi connectivity index (χ1n) is 9.70. The zero-order valence-corrected chi connectivity index (χ0v) is 18.0. The van der Waals surface area contributed by atoms with Crippen LogP contribution >= 0.6 is 0 Å². The third kappa shape index (κ3) is 7.05. The molecule has 0 spiro atoms. The van der Waals surface area contributed by atoms with Crippen LogP contribution in [-0.2, 0) is 42.9 Å². The maximum atomic E-state index is 11.8. The highest BCUT2D eigenvalue weighted by Crippen LogP contribution is 2.30. The van der Waals surface area contributed by atoms with E-state index in [-0.39, 0.29) is 12.4 Å². The lowest BCUT2D eigenvalue weighted by molar-refractivity contribution is -0.250. The van der Waals surface area contributed by atoms with Gasteiger partial charge in [-0.3, -0.25) is 24.2 Å². The third-order valence-electron chi connectivity index (χ3n) is 4.26. The van der Waals surface area contributed by atoms with Gasteiger partial charge in [0.25, 0.3) is 0 Å². The lowest BCUT2D eigenvalue weighted by Crippen LogP contribution is -2.62. The minimum Gasteiger partial charge on any atom is -0.507 e. The molecule has 5 atom stereocenters. The van der Waals surface area contributed by atoms with Crippen molar-refractivity contribution in [1.29, 1.82) is 0 Å². The largest absolute Gasteiger partial charge is 0.507 e. The number of ether oxygens (including phenoxy) is 5. The van der Waals surface area contributed by atoms with Crippen molar-refractivity contribution in [2.45, 2.75) is 58.3 Å². The van der Waals surface area contributed by atoms with Crippen molar-refractivity contribution >= 4 is 30.1 Å². The number of hydrogen-bond donors (Lipinski definition) is 1. The summed E-state index contributed by atoms with van der Waals surface area (Å²) in [5.41, 5.74) is 0.348. The molecule has 1 saturated heterocycles. The maximum absolute atomic E-state index is 11.8. The van der Waals surface area contributed by atoms with Crippen LogP contribution < -0.4 is 0 Å². The quantitative estimate of drug-likeness (QED) is 0.360. The SMILES string of the molecule is CC(=O)OC[C@@H]1O[C@@H](N=Cc2ccccc2O)[C@@H](OC(C)=O)[C@@H](OC(C)=O)[C@@H]1OC(C)=O. The Bertz CT molecular complexity index is 883. The predicted octanol–water partition coefficient (Wildman–Crippen LogP) is 0.894. The molecule has 1 aliphatic rings. The van der Waals surface area contributed by atoms with Crippen LogP contribution in [0.25, 0.3) is 0 Å². The molecule has 0 aliphatic carbocycles. The molecule has 0 aromatic heterocycles. The minimum atomic E-state index is -1.30. The maximum Gasteiger partial charge on any atom is 0.303 e. The lowest BCUT2D eigenvalue weighted by Gasteiger charge is -2.43. The lowest BCUT2D eigenvalue weighted by atomic mass is 9.97. The first kappa shape index (κ1) is 24.8. The van der Waals surface area contributed by atoms with E-state index >= 15 is 0 Å². The number of hydrogen-bond acceptors (Lipinski definition) is 11. The van der Waals surface area contributed by atoms with Crippen molar-refractivity contribution in [2.75, 3.05) is 6.61 Å². The number of benzene rings is 1. The first-order valence-corrected chi connectivity index (χ1v) is 9.70. The van der Waals surface area contributed by atoms with Crippen molar-refractivity contribution in [3.63, 3.8) is 0 Å². The second kappa shape index (κ2) is 11.2. The summed E-state index contributed by atoms with van der Waals surface area (Å²) in [6, 6.07) is 6.34. The van der Waals surface area contributed by atoms with Gasteiger partial charge in [0.05, 0.1) is 0 Å². The van der Waals surface area contributed by atoms with Gasteiger partial charge in [-0.1, -0.05) is 12.1 Å². The average Bonchev–Trinajstić information content (AvgIpc) is 2.68. The van der Waals surface area contributed by atoms with Crippen molar-refractivity contribution in [2.24, 2.45) is 4.99 Å². The van der Waals surface area contributed by atoms with E-state index in [0.717, 1.165) is 20.8 Å². The number of phenolic OH excluding ortho intramolecular Hbond substituents is 1. The molecular weight excluding hydrogens is 426 g/mol. The molecule has 32 heavy (non-hydrogen) atoms. The number of para-hydroxylation sites is 1. The molecule has 0 radical (unpaired) electrons. The molecule has 1 fully saturated rings. The van der Waals surface area contributed by atoms with Gasteiger partial charge in [0.2, 0.25) is 0 Å². The number of rotatable bonds is 7. The van der Waals surface area contributed by atoms with Gasteiger partial charge in [-0.15, -0.1) is 0 Å². The number of carbonyl (C=O) groups is 4. The van der Waals surface area contributed by atoms with Crippen LogP contribution in [0.3, 0.4) is 0 Å². The second-order valence-corrected chi connectivity index (χ2v) is 6.93. The van der Waals surface area contributed by atoms with Crippen LogP contribution in [0, 0.1) is 0 Å². The summed E-state index contributed by atoms with van der Waals surface area (Å²) in [4.78, 5) is 50.8. The van der Waals surface area contributed by atoms with E-state index in [4.69, 9.17) is 23.7 Å². The summed E-state index contributed by atoms with van der Waals surface area (Å²) in [6.07, 6.45) is -4.90. The van der Waals surface area contributed by atoms with E-state index in [1.807, 2.05) is 0 Å². The van der Waals surface area contributed by atoms with E-state index in [2.05, 4.69) is 4.99 Å². The van der Waals surface area contributed by atoms with E-state index in [9.17, 15) is 24.3 Å². The van der Waals surface area contributed by atoms with Gasteiger partial charge < -0.3 is 28.8 Å².